The minimum Gasteiger partial charge on any atom is -0.497 e. The Morgan fingerprint density at radius 3 is 2.70 bits per heavy atom. The summed E-state index contributed by atoms with van der Waals surface area (Å²) in [5.74, 6) is 1.51. The highest BCUT2D eigenvalue weighted by molar-refractivity contribution is 5.93. The first kappa shape index (κ1) is 18.3. The third-order valence-corrected chi connectivity index (χ3v) is 3.68. The van der Waals surface area contributed by atoms with Crippen molar-refractivity contribution in [3.05, 3.63) is 60.8 Å². The minimum absolute atomic E-state index is 0.0399. The van der Waals surface area contributed by atoms with Crippen LogP contribution >= 0.6 is 0 Å². The number of carbonyl (C=O) groups is 1. The molecule has 0 unspecified atom stereocenters. The molecule has 0 aliphatic carbocycles. The van der Waals surface area contributed by atoms with Gasteiger partial charge in [-0.25, -0.2) is 4.98 Å². The van der Waals surface area contributed by atoms with E-state index >= 15 is 0 Å². The second-order valence-electron chi connectivity index (χ2n) is 5.63. The number of nitrogens with one attached hydrogen (secondary N) is 1. The van der Waals surface area contributed by atoms with Crippen LogP contribution in [0.5, 0.6) is 11.5 Å². The average Bonchev–Trinajstić information content (AvgIpc) is 3.25. The molecule has 1 amide bonds. The number of hydrogen-bond donors (Lipinski definition) is 2. The number of ether oxygens (including phenoxy) is 2. The molecule has 0 spiro atoms. The van der Waals surface area contributed by atoms with E-state index < -0.39 is 6.10 Å². The van der Waals surface area contributed by atoms with Crippen molar-refractivity contribution in [3.8, 4) is 17.3 Å². The topological polar surface area (TPSA) is 111 Å². The van der Waals surface area contributed by atoms with Crippen molar-refractivity contribution in [1.82, 2.24) is 25.1 Å². The molecule has 0 aliphatic rings. The van der Waals surface area contributed by atoms with Crippen LogP contribution in [-0.2, 0) is 0 Å². The van der Waals surface area contributed by atoms with Gasteiger partial charge in [-0.05, 0) is 24.3 Å². The first-order chi connectivity index (χ1) is 13.2. The molecule has 1 aromatic carbocycles. The van der Waals surface area contributed by atoms with Crippen LogP contribution < -0.4 is 14.8 Å². The molecule has 27 heavy (non-hydrogen) atoms. The molecule has 140 valence electrons. The van der Waals surface area contributed by atoms with Crippen LogP contribution in [0.15, 0.2) is 55.2 Å². The summed E-state index contributed by atoms with van der Waals surface area (Å²) < 4.78 is 12.2. The lowest BCUT2D eigenvalue weighted by atomic mass is 10.2. The zero-order chi connectivity index (χ0) is 19.1. The molecule has 9 heteroatoms. The third kappa shape index (κ3) is 5.02. The number of nitrogens with zero attached hydrogens (tertiary/aromatic N) is 4. The summed E-state index contributed by atoms with van der Waals surface area (Å²) >= 11 is 0. The van der Waals surface area contributed by atoms with Crippen LogP contribution in [0.25, 0.3) is 5.82 Å². The van der Waals surface area contributed by atoms with Crippen LogP contribution in [-0.4, -0.2) is 57.1 Å². The molecular weight excluding hydrogens is 350 g/mol. The fourth-order valence-electron chi connectivity index (χ4n) is 2.25. The molecule has 2 aromatic heterocycles. The van der Waals surface area contributed by atoms with Crippen LogP contribution in [0.1, 0.15) is 10.4 Å². The van der Waals surface area contributed by atoms with Crippen LogP contribution in [0.2, 0.25) is 0 Å². The highest BCUT2D eigenvalue weighted by atomic mass is 16.5. The van der Waals surface area contributed by atoms with Gasteiger partial charge in [0.2, 0.25) is 0 Å². The fourth-order valence-corrected chi connectivity index (χ4v) is 2.25. The molecule has 3 aromatic rings. The van der Waals surface area contributed by atoms with Crippen molar-refractivity contribution in [1.29, 1.82) is 0 Å². The molecule has 3 rings (SSSR count). The standard InChI is InChI=1S/C18H19N5O4/c1-26-15-3-2-4-16(7-15)27-10-14(24)9-20-18(25)13-5-6-17(19-8-13)23-11-21-22-12-23/h2-8,11-12,14,24H,9-10H2,1H3,(H,20,25)/t14-/m1/s1. The largest absolute Gasteiger partial charge is 0.497 e. The van der Waals surface area contributed by atoms with Gasteiger partial charge in [0.25, 0.3) is 5.91 Å². The summed E-state index contributed by atoms with van der Waals surface area (Å²) in [4.78, 5) is 16.3. The van der Waals surface area contributed by atoms with E-state index in [0.717, 1.165) is 0 Å². The number of aliphatic hydroxyl groups excluding tert-OH is 1. The predicted molar refractivity (Wildman–Crippen MR) is 96.0 cm³/mol. The lowest BCUT2D eigenvalue weighted by Gasteiger charge is -2.14. The molecule has 0 aliphatic heterocycles. The summed E-state index contributed by atoms with van der Waals surface area (Å²) in [5.41, 5.74) is 0.382. The van der Waals surface area contributed by atoms with Crippen LogP contribution in [0.4, 0.5) is 0 Å². The monoisotopic (exact) mass is 369 g/mol. The average molecular weight is 369 g/mol. The number of benzene rings is 1. The van der Waals surface area contributed by atoms with E-state index in [2.05, 4.69) is 20.5 Å². The predicted octanol–water partition coefficient (Wildman–Crippen LogP) is 0.841. The minimum atomic E-state index is -0.857. The van der Waals surface area contributed by atoms with Crippen molar-refractivity contribution in [3.63, 3.8) is 0 Å². The number of amides is 1. The van der Waals surface area contributed by atoms with Gasteiger partial charge in [-0.15, -0.1) is 10.2 Å². The Kier molecular flexibility index (Phi) is 5.95. The molecule has 9 nitrogen and oxygen atoms in total. The van der Waals surface area contributed by atoms with Crippen molar-refractivity contribution in [2.75, 3.05) is 20.3 Å². The Hall–Kier alpha value is -3.46. The summed E-state index contributed by atoms with van der Waals surface area (Å²) in [6.07, 6.45) is 3.62. The Morgan fingerprint density at radius 2 is 2.00 bits per heavy atom. The SMILES string of the molecule is COc1cccc(OC[C@H](O)CNC(=O)c2ccc(-n3cnnc3)nc2)c1. The lowest BCUT2D eigenvalue weighted by molar-refractivity contribution is 0.0843. The second-order valence-corrected chi connectivity index (χ2v) is 5.63. The van der Waals surface area contributed by atoms with Crippen LogP contribution in [0, 0.1) is 0 Å². The Labute approximate surface area is 155 Å². The van der Waals surface area contributed by atoms with Gasteiger partial charge in [-0.1, -0.05) is 6.07 Å². The summed E-state index contributed by atoms with van der Waals surface area (Å²) in [5, 5.41) is 20.0. The first-order valence-corrected chi connectivity index (χ1v) is 8.20. The van der Waals surface area contributed by atoms with E-state index in [9.17, 15) is 9.90 Å². The molecule has 2 N–H and O–H groups in total. The Bertz CT molecular complexity index is 868. The maximum Gasteiger partial charge on any atom is 0.252 e. The summed E-state index contributed by atoms with van der Waals surface area (Å²) in [6.45, 7) is 0.0915. The van der Waals surface area contributed by atoms with Gasteiger partial charge in [0.1, 0.15) is 42.7 Å². The lowest BCUT2D eigenvalue weighted by Crippen LogP contribution is -2.35. The van der Waals surface area contributed by atoms with Gasteiger partial charge < -0.3 is 19.9 Å². The number of aromatic nitrogens is 4. The highest BCUT2D eigenvalue weighted by Crippen LogP contribution is 2.18. The number of rotatable bonds is 8. The quantitative estimate of drug-likeness (QED) is 0.605. The molecule has 0 radical (unpaired) electrons. The third-order valence-electron chi connectivity index (χ3n) is 3.68. The van der Waals surface area contributed by atoms with Gasteiger partial charge in [-0.3, -0.25) is 9.36 Å². The molecule has 0 fully saturated rings. The molecule has 0 saturated carbocycles. The highest BCUT2D eigenvalue weighted by Gasteiger charge is 2.11. The molecule has 0 bridgehead atoms. The number of carbonyl (C=O) groups excluding carboxylic acids is 1. The number of pyridine rings is 1. The van der Waals surface area contributed by atoms with Gasteiger partial charge in [0, 0.05) is 18.8 Å². The van der Waals surface area contributed by atoms with E-state index in [0.29, 0.717) is 22.9 Å². The van der Waals surface area contributed by atoms with E-state index in [1.807, 2.05) is 0 Å². The smallest absolute Gasteiger partial charge is 0.252 e. The van der Waals surface area contributed by atoms with Gasteiger partial charge in [0.15, 0.2) is 0 Å². The zero-order valence-corrected chi connectivity index (χ0v) is 14.6. The maximum atomic E-state index is 12.2. The second kappa shape index (κ2) is 8.77. The number of aliphatic hydroxyl groups is 1. The normalized spacial score (nSPS) is 11.6. The summed E-state index contributed by atoms with van der Waals surface area (Å²) in [6, 6.07) is 10.4. The van der Waals surface area contributed by atoms with Crippen molar-refractivity contribution in [2.24, 2.45) is 0 Å². The van der Waals surface area contributed by atoms with E-state index in [-0.39, 0.29) is 19.1 Å². The fraction of sp³-hybridized carbons (Fsp3) is 0.222. The van der Waals surface area contributed by atoms with E-state index in [1.54, 1.807) is 48.1 Å². The van der Waals surface area contributed by atoms with Gasteiger partial charge >= 0.3 is 0 Å². The Morgan fingerprint density at radius 1 is 1.22 bits per heavy atom. The van der Waals surface area contributed by atoms with Crippen molar-refractivity contribution < 1.29 is 19.4 Å². The zero-order valence-electron chi connectivity index (χ0n) is 14.6. The Balaban J connectivity index is 1.46. The molecule has 0 saturated heterocycles. The van der Waals surface area contributed by atoms with Crippen molar-refractivity contribution in [2.45, 2.75) is 6.10 Å². The van der Waals surface area contributed by atoms with Gasteiger partial charge in [0.05, 0.1) is 12.7 Å². The van der Waals surface area contributed by atoms with Crippen molar-refractivity contribution >= 4 is 5.91 Å². The maximum absolute atomic E-state index is 12.2. The number of hydrogen-bond acceptors (Lipinski definition) is 7. The molecule has 1 atom stereocenters. The van der Waals surface area contributed by atoms with E-state index in [4.69, 9.17) is 9.47 Å². The molecule has 2 heterocycles. The van der Waals surface area contributed by atoms with Gasteiger partial charge in [-0.2, -0.15) is 0 Å². The summed E-state index contributed by atoms with van der Waals surface area (Å²) in [7, 11) is 1.57. The number of methoxy groups -OCH3 is 1. The van der Waals surface area contributed by atoms with Crippen LogP contribution in [0.3, 0.4) is 0 Å². The first-order valence-electron chi connectivity index (χ1n) is 8.20. The molecular formula is C18H19N5O4. The van der Waals surface area contributed by atoms with E-state index in [1.165, 1.54) is 18.9 Å².